The molecule has 58 heavy (non-hydrogen) atoms. The number of hydrogen-bond donors (Lipinski definition) is 0. The van der Waals surface area contributed by atoms with E-state index in [0.717, 1.165) is 94.9 Å². The van der Waals surface area contributed by atoms with Crippen molar-refractivity contribution in [2.45, 2.75) is 5.41 Å². The molecule has 272 valence electrons. The van der Waals surface area contributed by atoms with Crippen LogP contribution in [0.15, 0.2) is 175 Å². The summed E-state index contributed by atoms with van der Waals surface area (Å²) in [5, 5.41) is 6.77. The molecule has 0 saturated carbocycles. The van der Waals surface area contributed by atoms with Crippen molar-refractivity contribution >= 4 is 67.0 Å². The fraction of sp³-hybridized carbons (Fsp3) is 0.0189. The Morgan fingerprint density at radius 3 is 1.52 bits per heavy atom. The highest BCUT2D eigenvalue weighted by molar-refractivity contribution is 6.41. The zero-order chi connectivity index (χ0) is 38.9. The highest BCUT2D eigenvalue weighted by Gasteiger charge is 2.52. The van der Waals surface area contributed by atoms with Gasteiger partial charge in [0, 0.05) is 16.8 Å². The highest BCUT2D eigenvalue weighted by Crippen LogP contribution is 2.64. The summed E-state index contributed by atoms with van der Waals surface area (Å²) in [7, 11) is 0. The lowest BCUT2D eigenvalue weighted by Gasteiger charge is -2.45. The summed E-state index contributed by atoms with van der Waals surface area (Å²) in [4.78, 5) is 29.7. The van der Waals surface area contributed by atoms with Gasteiger partial charge in [-0.15, -0.1) is 0 Å². The molecular weight excluding hydrogens is 721 g/mol. The summed E-state index contributed by atoms with van der Waals surface area (Å²) < 4.78 is 28.7. The molecule has 0 saturated heterocycles. The molecular formula is C53H29F2NO2. The van der Waals surface area contributed by atoms with Crippen LogP contribution in [0.5, 0.6) is 0 Å². The molecule has 0 atom stereocenters. The first-order valence-electron chi connectivity index (χ1n) is 19.3. The summed E-state index contributed by atoms with van der Waals surface area (Å²) in [5.41, 5.74) is 9.03. The largest absolute Gasteiger partial charge is 0.310 e. The molecule has 3 nitrogen and oxygen atoms in total. The first-order chi connectivity index (χ1) is 28.4. The fourth-order valence-corrected chi connectivity index (χ4v) is 9.88. The van der Waals surface area contributed by atoms with E-state index in [1.165, 1.54) is 0 Å². The minimum absolute atomic E-state index is 0.124. The molecule has 0 bridgehead atoms. The van der Waals surface area contributed by atoms with E-state index in [0.29, 0.717) is 5.56 Å². The number of ketones is 2. The van der Waals surface area contributed by atoms with E-state index in [1.54, 1.807) is 6.08 Å². The number of nitrogens with zero attached hydrogens (tertiary/aromatic N) is 1. The van der Waals surface area contributed by atoms with Gasteiger partial charge in [0.2, 0.25) is 0 Å². The number of benzene rings is 9. The second-order valence-corrected chi connectivity index (χ2v) is 15.4. The summed E-state index contributed by atoms with van der Waals surface area (Å²) in [6.45, 7) is 0. The average molecular weight is 750 g/mol. The Kier molecular flexibility index (Phi) is 6.63. The average Bonchev–Trinajstić information content (AvgIpc) is 3.64. The van der Waals surface area contributed by atoms with E-state index >= 15 is 0 Å². The van der Waals surface area contributed by atoms with Crippen molar-refractivity contribution in [2.24, 2.45) is 0 Å². The van der Waals surface area contributed by atoms with E-state index in [-0.39, 0.29) is 16.7 Å². The minimum Gasteiger partial charge on any atom is -0.310 e. The minimum atomic E-state index is -1.16. The Morgan fingerprint density at radius 1 is 0.414 bits per heavy atom. The maximum atomic E-state index is 14.3. The van der Waals surface area contributed by atoms with Crippen molar-refractivity contribution in [3.63, 3.8) is 0 Å². The number of rotatable bonds is 2. The summed E-state index contributed by atoms with van der Waals surface area (Å²) in [6.07, 6.45) is 1.58. The van der Waals surface area contributed by atoms with Gasteiger partial charge in [0.25, 0.3) is 0 Å². The fourth-order valence-electron chi connectivity index (χ4n) is 9.88. The number of carbonyl (C=O) groups excluding carboxylic acids is 2. The van der Waals surface area contributed by atoms with Crippen LogP contribution in [0.3, 0.4) is 0 Å². The smallest absolute Gasteiger partial charge is 0.197 e. The molecule has 1 spiro atoms. The Morgan fingerprint density at radius 2 is 0.914 bits per heavy atom. The molecule has 5 heteroatoms. The van der Waals surface area contributed by atoms with Crippen LogP contribution < -0.4 is 4.90 Å². The van der Waals surface area contributed by atoms with Gasteiger partial charge in [0.15, 0.2) is 23.2 Å². The van der Waals surface area contributed by atoms with Crippen molar-refractivity contribution in [1.82, 2.24) is 0 Å². The molecule has 0 unspecified atom stereocenters. The number of halogens is 2. The van der Waals surface area contributed by atoms with Crippen LogP contribution in [0.1, 0.15) is 48.5 Å². The van der Waals surface area contributed by atoms with Crippen LogP contribution in [0.4, 0.5) is 25.8 Å². The van der Waals surface area contributed by atoms with Gasteiger partial charge in [-0.3, -0.25) is 9.59 Å². The SMILES string of the molecule is O=C1C(=Cc2ccc3c(c2)C2(c4cc5ccccc5cc4-c4cc5ccccc5cc42)c2ccccc2N3c2ccc3ccccc3c2)C(=O)c2cc(F)c(F)cc21. The summed E-state index contributed by atoms with van der Waals surface area (Å²) in [5.74, 6) is -3.57. The number of allylic oxidation sites excluding steroid dienone is 1. The molecule has 2 aliphatic carbocycles. The van der Waals surface area contributed by atoms with Gasteiger partial charge in [-0.2, -0.15) is 0 Å². The lowest BCUT2D eigenvalue weighted by atomic mass is 9.64. The van der Waals surface area contributed by atoms with Crippen LogP contribution in [0.25, 0.3) is 49.5 Å². The third-order valence-electron chi connectivity index (χ3n) is 12.4. The predicted molar refractivity (Wildman–Crippen MR) is 228 cm³/mol. The van der Waals surface area contributed by atoms with Crippen LogP contribution in [0, 0.1) is 11.6 Å². The standard InChI is InChI=1S/C53H29F2NO2/c54-47-28-40-41(29-48(47)55)52(58)42(51(40)57)21-30-17-20-50-46(22-30)53(43-15-7-8-16-49(43)56(50)37-19-18-31-9-1-2-10-32(31)23-37)44-26-35-13-5-3-11-33(35)24-38(44)39-25-34-12-4-6-14-36(34)27-45(39)53/h1-29H. The molecule has 1 heterocycles. The molecule has 0 aromatic heterocycles. The van der Waals surface area contributed by atoms with Gasteiger partial charge >= 0.3 is 0 Å². The van der Waals surface area contributed by atoms with Gasteiger partial charge in [-0.1, -0.05) is 103 Å². The molecule has 0 amide bonds. The third kappa shape index (κ3) is 4.36. The van der Waals surface area contributed by atoms with Crippen molar-refractivity contribution in [3.05, 3.63) is 226 Å². The Bertz CT molecular complexity index is 3250. The molecule has 9 aromatic rings. The number of para-hydroxylation sites is 1. The predicted octanol–water partition coefficient (Wildman–Crippen LogP) is 13.0. The number of hydrogen-bond acceptors (Lipinski definition) is 3. The van der Waals surface area contributed by atoms with Crippen molar-refractivity contribution in [2.75, 3.05) is 4.90 Å². The Labute approximate surface area is 331 Å². The molecule has 0 fully saturated rings. The van der Waals surface area contributed by atoms with Gasteiger partial charge in [-0.25, -0.2) is 8.78 Å². The van der Waals surface area contributed by atoms with Gasteiger partial charge in [0.1, 0.15) is 0 Å². The second-order valence-electron chi connectivity index (χ2n) is 15.4. The van der Waals surface area contributed by atoms with Crippen LogP contribution >= 0.6 is 0 Å². The molecule has 9 aromatic carbocycles. The molecule has 0 N–H and O–H groups in total. The van der Waals surface area contributed by atoms with Crippen molar-refractivity contribution < 1.29 is 18.4 Å². The zero-order valence-corrected chi connectivity index (χ0v) is 30.8. The normalized spacial score (nSPS) is 14.5. The van der Waals surface area contributed by atoms with Crippen molar-refractivity contribution in [3.8, 4) is 11.1 Å². The maximum Gasteiger partial charge on any atom is 0.197 e. The third-order valence-corrected chi connectivity index (χ3v) is 12.4. The second kappa shape index (κ2) is 11.8. The molecule has 0 radical (unpaired) electrons. The van der Waals surface area contributed by atoms with E-state index in [1.807, 2.05) is 18.2 Å². The number of carbonyl (C=O) groups is 2. The lowest BCUT2D eigenvalue weighted by molar-refractivity contribution is 0.0990. The quantitative estimate of drug-likeness (QED) is 0.130. The van der Waals surface area contributed by atoms with Gasteiger partial charge < -0.3 is 4.90 Å². The van der Waals surface area contributed by atoms with E-state index in [2.05, 4.69) is 144 Å². The van der Waals surface area contributed by atoms with E-state index < -0.39 is 28.6 Å². The van der Waals surface area contributed by atoms with Crippen LogP contribution in [-0.2, 0) is 5.41 Å². The topological polar surface area (TPSA) is 37.4 Å². The van der Waals surface area contributed by atoms with Crippen LogP contribution in [-0.4, -0.2) is 11.6 Å². The first kappa shape index (κ1) is 32.7. The van der Waals surface area contributed by atoms with E-state index in [4.69, 9.17) is 0 Å². The van der Waals surface area contributed by atoms with Crippen molar-refractivity contribution in [1.29, 1.82) is 0 Å². The molecule has 1 aliphatic heterocycles. The zero-order valence-electron chi connectivity index (χ0n) is 30.8. The lowest BCUT2D eigenvalue weighted by Crippen LogP contribution is -2.36. The monoisotopic (exact) mass is 749 g/mol. The van der Waals surface area contributed by atoms with Gasteiger partial charge in [-0.05, 0) is 144 Å². The number of anilines is 3. The highest BCUT2D eigenvalue weighted by atomic mass is 19.2. The number of fused-ring (bicyclic) bond motifs is 13. The maximum absolute atomic E-state index is 14.3. The van der Waals surface area contributed by atoms with Gasteiger partial charge in [0.05, 0.1) is 22.4 Å². The van der Waals surface area contributed by atoms with Crippen LogP contribution in [0.2, 0.25) is 0 Å². The molecule has 12 rings (SSSR count). The van der Waals surface area contributed by atoms with E-state index in [9.17, 15) is 18.4 Å². The Balaban J connectivity index is 1.19. The number of Topliss-reactive ketones (excluding diaryl/α,β-unsaturated/α-hetero) is 2. The molecule has 3 aliphatic rings. The summed E-state index contributed by atoms with van der Waals surface area (Å²) >= 11 is 0. The summed E-state index contributed by atoms with van der Waals surface area (Å²) in [6, 6.07) is 57.4. The Hall–Kier alpha value is -7.50. The first-order valence-corrected chi connectivity index (χ1v) is 19.3.